The largest absolute Gasteiger partial charge is 0.394 e. The van der Waals surface area contributed by atoms with E-state index in [1.165, 1.54) is 12.8 Å². The van der Waals surface area contributed by atoms with Gasteiger partial charge in [-0.25, -0.2) is 9.97 Å². The Kier molecular flexibility index (Phi) is 4.03. The second kappa shape index (κ2) is 5.93. The first-order valence-electron chi connectivity index (χ1n) is 7.34. The molecule has 2 fully saturated rings. The van der Waals surface area contributed by atoms with E-state index in [4.69, 9.17) is 4.74 Å². The predicted molar refractivity (Wildman–Crippen MR) is 77.1 cm³/mol. The van der Waals surface area contributed by atoms with Crippen LogP contribution in [-0.2, 0) is 4.74 Å². The number of rotatable bonds is 3. The van der Waals surface area contributed by atoms with Crippen LogP contribution in [0.15, 0.2) is 12.4 Å². The van der Waals surface area contributed by atoms with E-state index in [0.29, 0.717) is 6.54 Å². The molecule has 110 valence electrons. The molecule has 6 nitrogen and oxygen atoms in total. The standard InChI is InChI=1S/C14H22N4O2/c1-11-7-18(8-12(9-19)20-11)14-6-13(15-10-16-14)17-4-2-3-5-17/h6,10-12,19H,2-5,7-9H2,1H3/t11-,12-/m0/s1. The van der Waals surface area contributed by atoms with Gasteiger partial charge in [0.1, 0.15) is 18.0 Å². The monoisotopic (exact) mass is 278 g/mol. The molecule has 1 aromatic rings. The van der Waals surface area contributed by atoms with E-state index in [-0.39, 0.29) is 18.8 Å². The second-order valence-corrected chi connectivity index (χ2v) is 5.58. The van der Waals surface area contributed by atoms with Crippen molar-refractivity contribution < 1.29 is 9.84 Å². The van der Waals surface area contributed by atoms with Gasteiger partial charge in [0.05, 0.1) is 18.8 Å². The zero-order chi connectivity index (χ0) is 13.9. The van der Waals surface area contributed by atoms with E-state index in [1.807, 2.05) is 6.92 Å². The van der Waals surface area contributed by atoms with Gasteiger partial charge in [0, 0.05) is 32.2 Å². The first-order valence-corrected chi connectivity index (χ1v) is 7.34. The summed E-state index contributed by atoms with van der Waals surface area (Å²) in [6.07, 6.45) is 4.08. The molecule has 1 N–H and O–H groups in total. The molecule has 0 unspecified atom stereocenters. The fourth-order valence-corrected chi connectivity index (χ4v) is 2.96. The first-order chi connectivity index (χ1) is 9.76. The Morgan fingerprint density at radius 2 is 1.90 bits per heavy atom. The van der Waals surface area contributed by atoms with Crippen molar-refractivity contribution in [3.05, 3.63) is 12.4 Å². The van der Waals surface area contributed by atoms with Gasteiger partial charge < -0.3 is 19.6 Å². The number of morpholine rings is 1. The highest BCUT2D eigenvalue weighted by Gasteiger charge is 2.26. The number of hydrogen-bond acceptors (Lipinski definition) is 6. The highest BCUT2D eigenvalue weighted by Crippen LogP contribution is 2.23. The summed E-state index contributed by atoms with van der Waals surface area (Å²) in [6.45, 7) is 5.71. The molecule has 0 spiro atoms. The van der Waals surface area contributed by atoms with E-state index in [1.54, 1.807) is 6.33 Å². The molecule has 3 rings (SSSR count). The number of anilines is 2. The molecule has 0 saturated carbocycles. The highest BCUT2D eigenvalue weighted by molar-refractivity contribution is 5.51. The number of hydrogen-bond donors (Lipinski definition) is 1. The van der Waals surface area contributed by atoms with Crippen molar-refractivity contribution in [3.63, 3.8) is 0 Å². The Morgan fingerprint density at radius 3 is 2.60 bits per heavy atom. The Balaban J connectivity index is 1.77. The third-order valence-corrected chi connectivity index (χ3v) is 3.92. The molecular formula is C14H22N4O2. The van der Waals surface area contributed by atoms with Crippen LogP contribution in [0, 0.1) is 0 Å². The molecular weight excluding hydrogens is 256 g/mol. The molecule has 0 bridgehead atoms. The summed E-state index contributed by atoms with van der Waals surface area (Å²) in [7, 11) is 0. The maximum atomic E-state index is 9.31. The van der Waals surface area contributed by atoms with Gasteiger partial charge in [0.25, 0.3) is 0 Å². The fourth-order valence-electron chi connectivity index (χ4n) is 2.96. The maximum Gasteiger partial charge on any atom is 0.134 e. The van der Waals surface area contributed by atoms with Crippen LogP contribution < -0.4 is 9.80 Å². The van der Waals surface area contributed by atoms with Crippen molar-refractivity contribution in [3.8, 4) is 0 Å². The van der Waals surface area contributed by atoms with Crippen molar-refractivity contribution in [1.29, 1.82) is 0 Å². The van der Waals surface area contributed by atoms with E-state index in [0.717, 1.165) is 31.3 Å². The molecule has 2 atom stereocenters. The number of aromatic nitrogens is 2. The van der Waals surface area contributed by atoms with Gasteiger partial charge in [-0.2, -0.15) is 0 Å². The van der Waals surface area contributed by atoms with Crippen LogP contribution in [0.2, 0.25) is 0 Å². The van der Waals surface area contributed by atoms with Crippen LogP contribution in [0.1, 0.15) is 19.8 Å². The smallest absolute Gasteiger partial charge is 0.134 e. The lowest BCUT2D eigenvalue weighted by atomic mass is 10.2. The van der Waals surface area contributed by atoms with Crippen molar-refractivity contribution >= 4 is 11.6 Å². The Labute approximate surface area is 119 Å². The molecule has 0 radical (unpaired) electrons. The minimum absolute atomic E-state index is 0.0465. The molecule has 0 aromatic carbocycles. The van der Waals surface area contributed by atoms with Gasteiger partial charge in [-0.05, 0) is 19.8 Å². The van der Waals surface area contributed by atoms with E-state index < -0.39 is 0 Å². The highest BCUT2D eigenvalue weighted by atomic mass is 16.5. The van der Waals surface area contributed by atoms with Crippen molar-refractivity contribution in [1.82, 2.24) is 9.97 Å². The van der Waals surface area contributed by atoms with Crippen LogP contribution >= 0.6 is 0 Å². The molecule has 3 heterocycles. The summed E-state index contributed by atoms with van der Waals surface area (Å²) < 4.78 is 5.67. The summed E-state index contributed by atoms with van der Waals surface area (Å²) in [6, 6.07) is 2.05. The van der Waals surface area contributed by atoms with Crippen molar-refractivity contribution in [2.75, 3.05) is 42.6 Å². The Morgan fingerprint density at radius 1 is 1.20 bits per heavy atom. The molecule has 6 heteroatoms. The number of aliphatic hydroxyl groups is 1. The van der Waals surface area contributed by atoms with E-state index in [9.17, 15) is 5.11 Å². The van der Waals surface area contributed by atoms with E-state index in [2.05, 4.69) is 25.8 Å². The number of ether oxygens (including phenoxy) is 1. The third-order valence-electron chi connectivity index (χ3n) is 3.92. The summed E-state index contributed by atoms with van der Waals surface area (Å²) in [5.74, 6) is 1.93. The SMILES string of the molecule is C[C@H]1CN(c2cc(N3CCCC3)ncn2)C[C@@H](CO)O1. The zero-order valence-corrected chi connectivity index (χ0v) is 11.9. The topological polar surface area (TPSA) is 61.7 Å². The molecule has 2 aliphatic heterocycles. The van der Waals surface area contributed by atoms with Gasteiger partial charge in [-0.1, -0.05) is 0 Å². The quantitative estimate of drug-likeness (QED) is 0.876. The summed E-state index contributed by atoms with van der Waals surface area (Å²) >= 11 is 0. The van der Waals surface area contributed by atoms with Crippen molar-refractivity contribution in [2.45, 2.75) is 32.0 Å². The summed E-state index contributed by atoms with van der Waals surface area (Å²) in [4.78, 5) is 13.3. The zero-order valence-electron chi connectivity index (χ0n) is 11.9. The van der Waals surface area contributed by atoms with Crippen LogP contribution in [0.4, 0.5) is 11.6 Å². The lowest BCUT2D eigenvalue weighted by Gasteiger charge is -2.37. The van der Waals surface area contributed by atoms with Crippen LogP contribution in [0.25, 0.3) is 0 Å². The van der Waals surface area contributed by atoms with Crippen LogP contribution in [0.3, 0.4) is 0 Å². The predicted octanol–water partition coefficient (Wildman–Crippen LogP) is 0.663. The Bertz CT molecular complexity index is 451. The number of nitrogens with zero attached hydrogens (tertiary/aromatic N) is 4. The minimum atomic E-state index is -0.135. The van der Waals surface area contributed by atoms with Gasteiger partial charge in [0.2, 0.25) is 0 Å². The van der Waals surface area contributed by atoms with E-state index >= 15 is 0 Å². The molecule has 0 aliphatic carbocycles. The van der Waals surface area contributed by atoms with Gasteiger partial charge in [-0.3, -0.25) is 0 Å². The normalized spacial score (nSPS) is 27.1. The average Bonchev–Trinajstić information content (AvgIpc) is 3.01. The second-order valence-electron chi connectivity index (χ2n) is 5.58. The fraction of sp³-hybridized carbons (Fsp3) is 0.714. The van der Waals surface area contributed by atoms with Crippen LogP contribution in [0.5, 0.6) is 0 Å². The first kappa shape index (κ1) is 13.6. The van der Waals surface area contributed by atoms with Gasteiger partial charge >= 0.3 is 0 Å². The molecule has 2 aliphatic rings. The minimum Gasteiger partial charge on any atom is -0.394 e. The average molecular weight is 278 g/mol. The third kappa shape index (κ3) is 2.86. The molecule has 1 aromatic heterocycles. The number of aliphatic hydroxyl groups excluding tert-OH is 1. The van der Waals surface area contributed by atoms with Crippen molar-refractivity contribution in [2.24, 2.45) is 0 Å². The summed E-state index contributed by atoms with van der Waals surface area (Å²) in [5.41, 5.74) is 0. The maximum absolute atomic E-state index is 9.31. The van der Waals surface area contributed by atoms with Gasteiger partial charge in [0.15, 0.2) is 0 Å². The van der Waals surface area contributed by atoms with Crippen LogP contribution in [-0.4, -0.2) is 60.1 Å². The van der Waals surface area contributed by atoms with Gasteiger partial charge in [-0.15, -0.1) is 0 Å². The molecule has 2 saturated heterocycles. The molecule has 0 amide bonds. The lowest BCUT2D eigenvalue weighted by molar-refractivity contribution is -0.0423. The Hall–Kier alpha value is -1.40. The lowest BCUT2D eigenvalue weighted by Crippen LogP contribution is -2.48. The molecule has 20 heavy (non-hydrogen) atoms. The summed E-state index contributed by atoms with van der Waals surface area (Å²) in [5, 5.41) is 9.31.